The fourth-order valence-corrected chi connectivity index (χ4v) is 3.78. The molecule has 0 saturated carbocycles. The molecule has 1 aromatic carbocycles. The zero-order chi connectivity index (χ0) is 22.2. The topological polar surface area (TPSA) is 60.2 Å². The molecule has 3 aromatic heterocycles. The molecular formula is C26H28N4O2. The molecule has 0 atom stereocenters. The molecule has 32 heavy (non-hydrogen) atoms. The number of nitrogens with zero attached hydrogens (tertiary/aromatic N) is 4. The first-order valence-electron chi connectivity index (χ1n) is 10.9. The molecule has 4 aromatic rings. The van der Waals surface area contributed by atoms with Gasteiger partial charge >= 0.3 is 0 Å². The van der Waals surface area contributed by atoms with Crippen LogP contribution in [-0.2, 0) is 20.0 Å². The van der Waals surface area contributed by atoms with E-state index in [1.165, 1.54) is 11.1 Å². The minimum Gasteiger partial charge on any atom is -0.494 e. The average molecular weight is 429 g/mol. The maximum absolute atomic E-state index is 11.8. The Morgan fingerprint density at radius 1 is 0.875 bits per heavy atom. The SMILES string of the molecule is Cn1c(=O)ccc2cc(OCCCN(CCc3ccncc3)Cc3ccncc3)ccc21. The summed E-state index contributed by atoms with van der Waals surface area (Å²) in [5.41, 5.74) is 3.45. The van der Waals surface area contributed by atoms with Crippen LogP contribution < -0.4 is 10.3 Å². The van der Waals surface area contributed by atoms with E-state index in [-0.39, 0.29) is 5.56 Å². The number of aromatic nitrogens is 3. The van der Waals surface area contributed by atoms with Gasteiger partial charge in [-0.2, -0.15) is 0 Å². The summed E-state index contributed by atoms with van der Waals surface area (Å²) in [6.45, 7) is 3.43. The predicted octanol–water partition coefficient (Wildman–Crippen LogP) is 3.84. The van der Waals surface area contributed by atoms with Gasteiger partial charge in [-0.15, -0.1) is 0 Å². The van der Waals surface area contributed by atoms with Crippen molar-refractivity contribution in [1.29, 1.82) is 0 Å². The summed E-state index contributed by atoms with van der Waals surface area (Å²) >= 11 is 0. The van der Waals surface area contributed by atoms with Gasteiger partial charge in [0.15, 0.2) is 0 Å². The van der Waals surface area contributed by atoms with E-state index in [2.05, 4.69) is 39.1 Å². The van der Waals surface area contributed by atoms with Gasteiger partial charge in [-0.25, -0.2) is 0 Å². The van der Waals surface area contributed by atoms with Crippen molar-refractivity contribution in [3.63, 3.8) is 0 Å². The van der Waals surface area contributed by atoms with Gasteiger partial charge in [0.1, 0.15) is 5.75 Å². The molecule has 0 saturated heterocycles. The predicted molar refractivity (Wildman–Crippen MR) is 127 cm³/mol. The van der Waals surface area contributed by atoms with Crippen LogP contribution in [0, 0.1) is 0 Å². The zero-order valence-electron chi connectivity index (χ0n) is 18.4. The monoisotopic (exact) mass is 428 g/mol. The number of hydrogen-bond acceptors (Lipinski definition) is 5. The summed E-state index contributed by atoms with van der Waals surface area (Å²) < 4.78 is 7.67. The Bertz CT molecular complexity index is 1190. The smallest absolute Gasteiger partial charge is 0.250 e. The highest BCUT2D eigenvalue weighted by Crippen LogP contribution is 2.19. The molecule has 3 heterocycles. The van der Waals surface area contributed by atoms with Gasteiger partial charge in [-0.1, -0.05) is 0 Å². The van der Waals surface area contributed by atoms with Crippen molar-refractivity contribution in [2.45, 2.75) is 19.4 Å². The largest absolute Gasteiger partial charge is 0.494 e. The Kier molecular flexibility index (Phi) is 7.25. The van der Waals surface area contributed by atoms with Crippen molar-refractivity contribution in [1.82, 2.24) is 19.4 Å². The summed E-state index contributed by atoms with van der Waals surface area (Å²) in [6.07, 6.45) is 9.28. The number of rotatable bonds is 10. The van der Waals surface area contributed by atoms with Crippen molar-refractivity contribution in [3.05, 3.63) is 101 Å². The Morgan fingerprint density at radius 3 is 2.34 bits per heavy atom. The number of hydrogen-bond donors (Lipinski definition) is 0. The minimum absolute atomic E-state index is 0.00720. The highest BCUT2D eigenvalue weighted by atomic mass is 16.5. The van der Waals surface area contributed by atoms with Crippen LogP contribution in [-0.4, -0.2) is 39.1 Å². The van der Waals surface area contributed by atoms with Crippen molar-refractivity contribution in [3.8, 4) is 5.75 Å². The molecule has 0 aliphatic carbocycles. The molecular weight excluding hydrogens is 400 g/mol. The third-order valence-corrected chi connectivity index (χ3v) is 5.61. The van der Waals surface area contributed by atoms with Gasteiger partial charge in [0, 0.05) is 62.9 Å². The Hall–Kier alpha value is -3.51. The third kappa shape index (κ3) is 5.80. The quantitative estimate of drug-likeness (QED) is 0.359. The first kappa shape index (κ1) is 21.7. The molecule has 164 valence electrons. The van der Waals surface area contributed by atoms with Gasteiger partial charge in [0.05, 0.1) is 12.1 Å². The van der Waals surface area contributed by atoms with Gasteiger partial charge in [0.25, 0.3) is 5.56 Å². The number of pyridine rings is 3. The molecule has 0 radical (unpaired) electrons. The number of ether oxygens (including phenoxy) is 1. The van der Waals surface area contributed by atoms with E-state index in [0.29, 0.717) is 6.61 Å². The number of aryl methyl sites for hydroxylation is 1. The average Bonchev–Trinajstić information content (AvgIpc) is 2.84. The molecule has 0 spiro atoms. The van der Waals surface area contributed by atoms with Crippen molar-refractivity contribution < 1.29 is 4.74 Å². The molecule has 6 nitrogen and oxygen atoms in total. The summed E-state index contributed by atoms with van der Waals surface area (Å²) in [5.74, 6) is 0.827. The van der Waals surface area contributed by atoms with E-state index in [0.717, 1.165) is 49.1 Å². The lowest BCUT2D eigenvalue weighted by atomic mass is 10.1. The van der Waals surface area contributed by atoms with E-state index >= 15 is 0 Å². The second kappa shape index (κ2) is 10.7. The first-order chi connectivity index (χ1) is 15.7. The molecule has 6 heteroatoms. The normalized spacial score (nSPS) is 11.2. The molecule has 0 aliphatic heterocycles. The van der Waals surface area contributed by atoms with E-state index in [4.69, 9.17) is 4.74 Å². The molecule has 0 N–H and O–H groups in total. The van der Waals surface area contributed by atoms with Crippen LogP contribution in [0.3, 0.4) is 0 Å². The van der Waals surface area contributed by atoms with E-state index < -0.39 is 0 Å². The van der Waals surface area contributed by atoms with Crippen molar-refractivity contribution in [2.75, 3.05) is 19.7 Å². The van der Waals surface area contributed by atoms with Gasteiger partial charge in [-0.05, 0) is 72.5 Å². The molecule has 0 aliphatic rings. The standard InChI is InChI=1S/C26H28N4O2/c1-29-25-5-4-24(19-23(25)3-6-26(29)31)32-18-2-16-30(20-22-9-14-28-15-10-22)17-11-21-7-12-27-13-8-21/h3-10,12-15,19H,2,11,16-18,20H2,1H3. The van der Waals surface area contributed by atoms with Crippen LogP contribution in [0.1, 0.15) is 17.5 Å². The maximum Gasteiger partial charge on any atom is 0.250 e. The summed E-state index contributed by atoms with van der Waals surface area (Å²) in [5, 5.41) is 1.00. The van der Waals surface area contributed by atoms with Crippen LogP contribution in [0.4, 0.5) is 0 Å². The maximum atomic E-state index is 11.8. The minimum atomic E-state index is -0.00720. The second-order valence-electron chi connectivity index (χ2n) is 7.89. The number of benzene rings is 1. The van der Waals surface area contributed by atoms with Crippen LogP contribution in [0.5, 0.6) is 5.75 Å². The van der Waals surface area contributed by atoms with Crippen LogP contribution in [0.2, 0.25) is 0 Å². The van der Waals surface area contributed by atoms with Crippen molar-refractivity contribution in [2.24, 2.45) is 7.05 Å². The fraction of sp³-hybridized carbons (Fsp3) is 0.269. The Labute approximate surface area is 188 Å². The van der Waals surface area contributed by atoms with Gasteiger partial charge < -0.3 is 9.30 Å². The molecule has 0 bridgehead atoms. The molecule has 0 amide bonds. The summed E-state index contributed by atoms with van der Waals surface area (Å²) in [4.78, 5) is 22.5. The lowest BCUT2D eigenvalue weighted by molar-refractivity contribution is 0.230. The molecule has 4 rings (SSSR count). The zero-order valence-corrected chi connectivity index (χ0v) is 18.4. The first-order valence-corrected chi connectivity index (χ1v) is 10.9. The molecule has 0 fully saturated rings. The third-order valence-electron chi connectivity index (χ3n) is 5.61. The second-order valence-corrected chi connectivity index (χ2v) is 7.89. The van der Waals surface area contributed by atoms with Crippen LogP contribution >= 0.6 is 0 Å². The lowest BCUT2D eigenvalue weighted by Crippen LogP contribution is -2.28. The van der Waals surface area contributed by atoms with E-state index in [1.807, 2.05) is 49.1 Å². The van der Waals surface area contributed by atoms with Crippen LogP contribution in [0.25, 0.3) is 10.9 Å². The van der Waals surface area contributed by atoms with E-state index in [9.17, 15) is 4.79 Å². The molecule has 0 unspecified atom stereocenters. The number of fused-ring (bicyclic) bond motifs is 1. The highest BCUT2D eigenvalue weighted by Gasteiger charge is 2.08. The van der Waals surface area contributed by atoms with Gasteiger partial charge in [0.2, 0.25) is 0 Å². The van der Waals surface area contributed by atoms with Crippen LogP contribution in [0.15, 0.2) is 84.2 Å². The van der Waals surface area contributed by atoms with Crippen molar-refractivity contribution >= 4 is 10.9 Å². The summed E-state index contributed by atoms with van der Waals surface area (Å²) in [7, 11) is 1.79. The fourth-order valence-electron chi connectivity index (χ4n) is 3.78. The van der Waals surface area contributed by atoms with Gasteiger partial charge in [-0.3, -0.25) is 19.7 Å². The Balaban J connectivity index is 1.33. The lowest BCUT2D eigenvalue weighted by Gasteiger charge is -2.22. The highest BCUT2D eigenvalue weighted by molar-refractivity contribution is 5.80. The van der Waals surface area contributed by atoms with E-state index in [1.54, 1.807) is 17.7 Å². The Morgan fingerprint density at radius 2 is 1.59 bits per heavy atom. The summed E-state index contributed by atoms with van der Waals surface area (Å²) in [6, 6.07) is 17.6.